The van der Waals surface area contributed by atoms with Gasteiger partial charge in [0.1, 0.15) is 11.5 Å². The molecule has 2 N–H and O–H groups in total. The van der Waals surface area contributed by atoms with Crippen LogP contribution in [-0.4, -0.2) is 90.1 Å². The van der Waals surface area contributed by atoms with Gasteiger partial charge in [-0.05, 0) is 43.3 Å². The minimum absolute atomic E-state index is 0.305. The summed E-state index contributed by atoms with van der Waals surface area (Å²) in [6, 6.07) is 13.8. The molecule has 1 aliphatic rings. The Balaban J connectivity index is 1.29. The molecule has 5 rings (SSSR count). The Morgan fingerprint density at radius 3 is 2.51 bits per heavy atom. The zero-order valence-corrected chi connectivity index (χ0v) is 23.2. The van der Waals surface area contributed by atoms with Gasteiger partial charge >= 0.3 is 0 Å². The Labute approximate surface area is 228 Å². The number of fused-ring (bicyclic) bond motifs is 1. The van der Waals surface area contributed by atoms with E-state index in [4.69, 9.17) is 4.98 Å². The highest BCUT2D eigenvalue weighted by atomic mass is 32.2. The minimum Gasteiger partial charge on any atom is -0.392 e. The Morgan fingerprint density at radius 1 is 1.08 bits per heavy atom. The molecule has 1 aliphatic heterocycles. The van der Waals surface area contributed by atoms with Crippen molar-refractivity contribution in [3.05, 3.63) is 66.6 Å². The lowest BCUT2D eigenvalue weighted by Gasteiger charge is -2.36. The van der Waals surface area contributed by atoms with Gasteiger partial charge in [0, 0.05) is 80.7 Å². The normalized spacial score (nSPS) is 15.4. The molecule has 1 saturated heterocycles. The van der Waals surface area contributed by atoms with Crippen molar-refractivity contribution in [2.45, 2.75) is 19.6 Å². The number of aliphatic hydroxyl groups excluding tert-OH is 1. The summed E-state index contributed by atoms with van der Waals surface area (Å²) < 4.78 is 27.4. The number of pyridine rings is 1. The van der Waals surface area contributed by atoms with Gasteiger partial charge in [0.2, 0.25) is 16.0 Å². The van der Waals surface area contributed by atoms with Gasteiger partial charge in [-0.25, -0.2) is 18.4 Å². The lowest BCUT2D eigenvalue weighted by molar-refractivity contribution is 0.123. The highest BCUT2D eigenvalue weighted by Crippen LogP contribution is 2.24. The SMILES string of the molecule is C[C@@H](O)CN1CCN(c2ccc(Nc3ncc4ccn(Cc5cccnc5N(C)S(C)(=O)=O)c4n3)cc2)CC1. The standard InChI is InChI=1S/C27H34N8O3S/c1-20(36)18-33-13-15-34(16-14-33)24-8-6-23(7-9-24)30-27-29-17-21-10-12-35(26(21)31-27)19-22-5-4-11-28-25(22)32(2)39(3,37)38/h4-12,17,20,36H,13-16,18-19H2,1-3H3,(H,29,30,31)/t20-/m1/s1. The van der Waals surface area contributed by atoms with Crippen LogP contribution < -0.4 is 14.5 Å². The van der Waals surface area contributed by atoms with Crippen molar-refractivity contribution in [1.82, 2.24) is 24.4 Å². The summed E-state index contributed by atoms with van der Waals surface area (Å²) in [7, 11) is -1.94. The molecule has 4 heterocycles. The van der Waals surface area contributed by atoms with E-state index in [-0.39, 0.29) is 6.10 Å². The Kier molecular flexibility index (Phi) is 7.69. The maximum Gasteiger partial charge on any atom is 0.233 e. The second kappa shape index (κ2) is 11.2. The monoisotopic (exact) mass is 550 g/mol. The van der Waals surface area contributed by atoms with Gasteiger partial charge in [-0.2, -0.15) is 4.98 Å². The van der Waals surface area contributed by atoms with Crippen LogP contribution in [0.1, 0.15) is 12.5 Å². The first kappa shape index (κ1) is 26.9. The summed E-state index contributed by atoms with van der Waals surface area (Å²) in [5.74, 6) is 0.861. The van der Waals surface area contributed by atoms with Crippen LogP contribution in [0.15, 0.2) is 61.1 Å². The molecule has 1 fully saturated rings. The van der Waals surface area contributed by atoms with Gasteiger partial charge in [-0.15, -0.1) is 0 Å². The summed E-state index contributed by atoms with van der Waals surface area (Å²) in [6.07, 6.45) is 6.13. The van der Waals surface area contributed by atoms with E-state index < -0.39 is 10.0 Å². The molecule has 11 nitrogen and oxygen atoms in total. The number of piperazine rings is 1. The topological polar surface area (TPSA) is 120 Å². The molecule has 206 valence electrons. The first-order chi connectivity index (χ1) is 18.7. The third-order valence-electron chi connectivity index (χ3n) is 6.89. The minimum atomic E-state index is -3.45. The van der Waals surface area contributed by atoms with E-state index in [1.165, 1.54) is 11.4 Å². The van der Waals surface area contributed by atoms with Crippen molar-refractivity contribution in [2.75, 3.05) is 60.5 Å². The van der Waals surface area contributed by atoms with Crippen molar-refractivity contribution in [1.29, 1.82) is 0 Å². The average molecular weight is 551 g/mol. The van der Waals surface area contributed by atoms with Gasteiger partial charge in [-0.1, -0.05) is 6.07 Å². The summed E-state index contributed by atoms with van der Waals surface area (Å²) in [4.78, 5) is 18.2. The fraction of sp³-hybridized carbons (Fsp3) is 0.370. The maximum absolute atomic E-state index is 12.1. The lowest BCUT2D eigenvalue weighted by atomic mass is 10.2. The second-order valence-corrected chi connectivity index (χ2v) is 12.0. The van der Waals surface area contributed by atoms with Gasteiger partial charge < -0.3 is 19.9 Å². The van der Waals surface area contributed by atoms with Crippen LogP contribution in [0.5, 0.6) is 0 Å². The third kappa shape index (κ3) is 6.29. The number of hydrogen-bond acceptors (Lipinski definition) is 9. The first-order valence-corrected chi connectivity index (χ1v) is 14.7. The highest BCUT2D eigenvalue weighted by molar-refractivity contribution is 7.92. The van der Waals surface area contributed by atoms with E-state index >= 15 is 0 Å². The summed E-state index contributed by atoms with van der Waals surface area (Å²) in [5, 5.41) is 13.8. The molecule has 0 spiro atoms. The van der Waals surface area contributed by atoms with Crippen LogP contribution in [0, 0.1) is 0 Å². The molecule has 1 atom stereocenters. The highest BCUT2D eigenvalue weighted by Gasteiger charge is 2.19. The number of β-amino-alcohol motifs (C(OH)–C–C–N with tert-alkyl or cyclic N) is 1. The zero-order chi connectivity index (χ0) is 27.6. The van der Waals surface area contributed by atoms with Crippen LogP contribution in [0.4, 0.5) is 23.1 Å². The molecular formula is C27H34N8O3S. The molecule has 39 heavy (non-hydrogen) atoms. The lowest BCUT2D eigenvalue weighted by Crippen LogP contribution is -2.48. The van der Waals surface area contributed by atoms with Crippen LogP contribution in [0.3, 0.4) is 0 Å². The van der Waals surface area contributed by atoms with E-state index in [2.05, 4.69) is 37.2 Å². The molecule has 0 amide bonds. The molecule has 1 aromatic carbocycles. The third-order valence-corrected chi connectivity index (χ3v) is 8.06. The van der Waals surface area contributed by atoms with Gasteiger partial charge in [0.25, 0.3) is 0 Å². The largest absolute Gasteiger partial charge is 0.392 e. The second-order valence-electron chi connectivity index (χ2n) is 9.94. The van der Waals surface area contributed by atoms with Gasteiger partial charge in [0.15, 0.2) is 0 Å². The Morgan fingerprint density at radius 2 is 1.82 bits per heavy atom. The van der Waals surface area contributed by atoms with E-state index in [0.29, 0.717) is 24.9 Å². The average Bonchev–Trinajstić information content (AvgIpc) is 3.30. The number of anilines is 4. The van der Waals surface area contributed by atoms with Crippen molar-refractivity contribution < 1.29 is 13.5 Å². The van der Waals surface area contributed by atoms with Crippen molar-refractivity contribution in [3.8, 4) is 0 Å². The zero-order valence-electron chi connectivity index (χ0n) is 22.4. The fourth-order valence-electron chi connectivity index (χ4n) is 4.78. The predicted octanol–water partition coefficient (Wildman–Crippen LogP) is 2.52. The number of nitrogens with one attached hydrogen (secondary N) is 1. The quantitative estimate of drug-likeness (QED) is 0.324. The molecule has 3 aromatic heterocycles. The van der Waals surface area contributed by atoms with Crippen molar-refractivity contribution >= 4 is 44.2 Å². The molecule has 0 radical (unpaired) electrons. The predicted molar refractivity (Wildman–Crippen MR) is 154 cm³/mol. The number of aliphatic hydroxyl groups is 1. The molecular weight excluding hydrogens is 516 g/mol. The maximum atomic E-state index is 12.1. The number of nitrogens with zero attached hydrogens (tertiary/aromatic N) is 7. The van der Waals surface area contributed by atoms with Crippen LogP contribution in [0.2, 0.25) is 0 Å². The summed E-state index contributed by atoms with van der Waals surface area (Å²) in [6.45, 7) is 6.67. The molecule has 12 heteroatoms. The van der Waals surface area contributed by atoms with Crippen LogP contribution in [-0.2, 0) is 16.6 Å². The molecule has 0 saturated carbocycles. The number of aromatic nitrogens is 4. The number of rotatable bonds is 9. The number of sulfonamides is 1. The first-order valence-electron chi connectivity index (χ1n) is 12.9. The molecule has 4 aromatic rings. The molecule has 0 bridgehead atoms. The number of benzene rings is 1. The summed E-state index contributed by atoms with van der Waals surface area (Å²) in [5.41, 5.74) is 3.54. The molecule has 0 unspecified atom stereocenters. The van der Waals surface area contributed by atoms with E-state index in [0.717, 1.165) is 60.4 Å². The van der Waals surface area contributed by atoms with Crippen molar-refractivity contribution in [3.63, 3.8) is 0 Å². The smallest absolute Gasteiger partial charge is 0.233 e. The summed E-state index contributed by atoms with van der Waals surface area (Å²) >= 11 is 0. The van der Waals surface area contributed by atoms with E-state index in [1.807, 2.05) is 42.0 Å². The van der Waals surface area contributed by atoms with Crippen LogP contribution >= 0.6 is 0 Å². The number of hydrogen-bond donors (Lipinski definition) is 2. The van der Waals surface area contributed by atoms with E-state index in [1.54, 1.807) is 18.5 Å². The Bertz CT molecular complexity index is 1530. The van der Waals surface area contributed by atoms with E-state index in [9.17, 15) is 13.5 Å². The van der Waals surface area contributed by atoms with Gasteiger partial charge in [0.05, 0.1) is 18.9 Å². The van der Waals surface area contributed by atoms with Gasteiger partial charge in [-0.3, -0.25) is 9.21 Å². The van der Waals surface area contributed by atoms with Crippen LogP contribution in [0.25, 0.3) is 11.0 Å². The Hall–Kier alpha value is -3.74. The fourth-order valence-corrected chi connectivity index (χ4v) is 5.26. The van der Waals surface area contributed by atoms with Crippen molar-refractivity contribution in [2.24, 2.45) is 0 Å². The molecule has 0 aliphatic carbocycles.